The van der Waals surface area contributed by atoms with E-state index in [4.69, 9.17) is 9.72 Å². The van der Waals surface area contributed by atoms with Gasteiger partial charge in [0.1, 0.15) is 5.82 Å². The molecule has 0 aliphatic carbocycles. The number of nitrogens with zero attached hydrogens (tertiary/aromatic N) is 4. The molecule has 0 radical (unpaired) electrons. The van der Waals surface area contributed by atoms with Gasteiger partial charge in [0.25, 0.3) is 0 Å². The van der Waals surface area contributed by atoms with Crippen molar-refractivity contribution in [1.29, 1.82) is 0 Å². The second-order valence-electron chi connectivity index (χ2n) is 23.0. The molecule has 1 aliphatic rings. The van der Waals surface area contributed by atoms with Crippen molar-refractivity contribution >= 4 is 44.6 Å². The van der Waals surface area contributed by atoms with Crippen LogP contribution in [0.5, 0.6) is 11.5 Å². The molecule has 3 heterocycles. The monoisotopic (exact) mass is 1090 g/mol. The Balaban J connectivity index is 0.00000642. The number of hydrogen-bond acceptors (Lipinski definition) is 4. The zero-order chi connectivity index (χ0) is 48.6. The molecule has 6 heteroatoms. The van der Waals surface area contributed by atoms with Gasteiger partial charge in [0.15, 0.2) is 0 Å². The van der Waals surface area contributed by atoms with Gasteiger partial charge in [0.05, 0.1) is 0 Å². The standard InChI is InChI=1S/C63H69N4O.Pt/c1-39(2)43-30-53(40(3)4)60(54(31-43)41(5)6)42-19-18-20-47(29-42)65-38-66(58-34-44(61(7,8)9)23-26-56(58)65)48-32-46(63(13,14)15)33-50(36-48)68-49-24-25-52-51-21-16-17-22-55(51)67(57(52)37-49)59-35-45(27-28-64-59)62(10,11)12;/h16-35,38-41H,1-15H3;/q-3;. The van der Waals surface area contributed by atoms with Crippen LogP contribution < -0.4 is 14.5 Å². The van der Waals surface area contributed by atoms with E-state index in [9.17, 15) is 0 Å². The number of hydrogen-bond donors (Lipinski definition) is 0. The predicted molar refractivity (Wildman–Crippen MR) is 288 cm³/mol. The van der Waals surface area contributed by atoms with Crippen molar-refractivity contribution < 1.29 is 25.8 Å². The largest absolute Gasteiger partial charge is 0.509 e. The molecule has 0 N–H and O–H groups in total. The Morgan fingerprint density at radius 3 is 1.87 bits per heavy atom. The minimum absolute atomic E-state index is 0. The molecule has 0 saturated carbocycles. The van der Waals surface area contributed by atoms with Gasteiger partial charge >= 0.3 is 0 Å². The third-order valence-electron chi connectivity index (χ3n) is 13.7. The average molecular weight is 1090 g/mol. The third-order valence-corrected chi connectivity index (χ3v) is 13.7. The second-order valence-corrected chi connectivity index (χ2v) is 23.0. The topological polar surface area (TPSA) is 33.5 Å². The number of para-hydroxylation sites is 1. The Hall–Kier alpha value is -5.64. The van der Waals surface area contributed by atoms with E-state index < -0.39 is 0 Å². The molecule has 9 rings (SSSR count). The second kappa shape index (κ2) is 18.6. The summed E-state index contributed by atoms with van der Waals surface area (Å²) < 4.78 is 9.13. The molecule has 8 aromatic rings. The van der Waals surface area contributed by atoms with Crippen molar-refractivity contribution in [2.45, 2.75) is 138 Å². The van der Waals surface area contributed by atoms with E-state index in [1.54, 1.807) is 0 Å². The first kappa shape index (κ1) is 49.8. The first-order valence-electron chi connectivity index (χ1n) is 24.6. The van der Waals surface area contributed by atoms with Gasteiger partial charge in [-0.25, -0.2) is 4.98 Å². The molecule has 2 aromatic heterocycles. The molecule has 0 spiro atoms. The Morgan fingerprint density at radius 1 is 0.551 bits per heavy atom. The molecule has 360 valence electrons. The Bertz CT molecular complexity index is 3160. The number of benzene rings is 6. The normalized spacial score (nSPS) is 13.3. The van der Waals surface area contributed by atoms with Crippen molar-refractivity contribution in [1.82, 2.24) is 9.55 Å². The predicted octanol–water partition coefficient (Wildman–Crippen LogP) is 17.9. The van der Waals surface area contributed by atoms with Crippen LogP contribution in [0.4, 0.5) is 22.7 Å². The van der Waals surface area contributed by atoms with Crippen molar-refractivity contribution in [2.24, 2.45) is 0 Å². The van der Waals surface area contributed by atoms with Crippen molar-refractivity contribution in [3.05, 3.63) is 174 Å². The van der Waals surface area contributed by atoms with E-state index >= 15 is 0 Å². The van der Waals surface area contributed by atoms with Gasteiger partial charge in [-0.1, -0.05) is 158 Å². The van der Waals surface area contributed by atoms with Crippen LogP contribution in [0.15, 0.2) is 121 Å². The first-order valence-corrected chi connectivity index (χ1v) is 24.6. The molecule has 6 aromatic carbocycles. The number of anilines is 4. The van der Waals surface area contributed by atoms with E-state index in [1.165, 1.54) is 38.9 Å². The summed E-state index contributed by atoms with van der Waals surface area (Å²) in [5.41, 5.74) is 16.4. The Morgan fingerprint density at radius 2 is 1.22 bits per heavy atom. The summed E-state index contributed by atoms with van der Waals surface area (Å²) in [6, 6.07) is 49.8. The third kappa shape index (κ3) is 9.66. The van der Waals surface area contributed by atoms with E-state index in [2.05, 4.69) is 246 Å². The van der Waals surface area contributed by atoms with Gasteiger partial charge in [0.2, 0.25) is 0 Å². The SMILES string of the molecule is CC(C)c1cc(C(C)C)c(-c2cccc(N3[CH-]N(c4[c-]c(Oc5[c-]c6c(cc5)c5ccccc5n6-c5cc(C(C)(C)C)ccn5)cc(C(C)(C)C)c4)c4cc(C(C)(C)C)ccc43)c2)c(C(C)C)c1.[Pt]. The van der Waals surface area contributed by atoms with Crippen molar-refractivity contribution in [3.8, 4) is 28.4 Å². The fourth-order valence-electron chi connectivity index (χ4n) is 9.57. The number of fused-ring (bicyclic) bond motifs is 4. The van der Waals surface area contributed by atoms with Gasteiger partial charge in [-0.15, -0.1) is 53.6 Å². The number of aromatic nitrogens is 2. The minimum atomic E-state index is -0.178. The number of pyridine rings is 1. The van der Waals surface area contributed by atoms with E-state index in [0.717, 1.165) is 55.9 Å². The minimum Gasteiger partial charge on any atom is -0.509 e. The van der Waals surface area contributed by atoms with Gasteiger partial charge in [-0.3, -0.25) is 0 Å². The van der Waals surface area contributed by atoms with Crippen LogP contribution in [0.3, 0.4) is 0 Å². The molecule has 5 nitrogen and oxygen atoms in total. The van der Waals surface area contributed by atoms with E-state index in [0.29, 0.717) is 29.3 Å². The average Bonchev–Trinajstić information content (AvgIpc) is 3.83. The summed E-state index contributed by atoms with van der Waals surface area (Å²) in [6.45, 7) is 36.5. The Labute approximate surface area is 427 Å². The molecule has 1 aliphatic heterocycles. The van der Waals surface area contributed by atoms with Crippen LogP contribution in [0, 0.1) is 18.8 Å². The van der Waals surface area contributed by atoms with E-state index in [-0.39, 0.29) is 37.3 Å². The molecule has 69 heavy (non-hydrogen) atoms. The summed E-state index contributed by atoms with van der Waals surface area (Å²) in [6.07, 6.45) is 1.91. The first-order chi connectivity index (χ1) is 32.1. The zero-order valence-corrected chi connectivity index (χ0v) is 45.6. The molecule has 0 unspecified atom stereocenters. The van der Waals surface area contributed by atoms with Crippen LogP contribution in [0.1, 0.15) is 155 Å². The molecular formula is C63H69N4OPt-3. The van der Waals surface area contributed by atoms with Crippen LogP contribution in [0.25, 0.3) is 38.8 Å². The van der Waals surface area contributed by atoms with Crippen molar-refractivity contribution in [2.75, 3.05) is 9.80 Å². The summed E-state index contributed by atoms with van der Waals surface area (Å²) >= 11 is 0. The Kier molecular flexibility index (Phi) is 13.4. The van der Waals surface area contributed by atoms with Crippen LogP contribution >= 0.6 is 0 Å². The molecule has 0 saturated heterocycles. The van der Waals surface area contributed by atoms with E-state index in [1.807, 2.05) is 12.3 Å². The molecular weight excluding hydrogens is 1020 g/mol. The van der Waals surface area contributed by atoms with Crippen molar-refractivity contribution in [3.63, 3.8) is 0 Å². The number of rotatable bonds is 9. The van der Waals surface area contributed by atoms with Crippen LogP contribution in [-0.4, -0.2) is 9.55 Å². The van der Waals surface area contributed by atoms with Crippen LogP contribution in [0.2, 0.25) is 0 Å². The zero-order valence-electron chi connectivity index (χ0n) is 43.4. The maximum absolute atomic E-state index is 6.91. The maximum Gasteiger partial charge on any atom is 0.135 e. The summed E-state index contributed by atoms with van der Waals surface area (Å²) in [5.74, 6) is 3.32. The molecule has 0 atom stereocenters. The van der Waals surface area contributed by atoms with Gasteiger partial charge in [-0.2, -0.15) is 6.07 Å². The van der Waals surface area contributed by atoms with Gasteiger partial charge in [0, 0.05) is 61.3 Å². The molecule has 0 bridgehead atoms. The van der Waals surface area contributed by atoms with Crippen LogP contribution in [-0.2, 0) is 37.3 Å². The smallest absolute Gasteiger partial charge is 0.135 e. The molecule has 0 amide bonds. The maximum atomic E-state index is 6.91. The fourth-order valence-corrected chi connectivity index (χ4v) is 9.57. The quantitative estimate of drug-likeness (QED) is 0.135. The summed E-state index contributed by atoms with van der Waals surface area (Å²) in [4.78, 5) is 9.55. The number of ether oxygens (including phenoxy) is 1. The van der Waals surface area contributed by atoms with Gasteiger partial charge in [-0.05, 0) is 121 Å². The van der Waals surface area contributed by atoms with Gasteiger partial charge < -0.3 is 19.1 Å². The fraction of sp³-hybridized carbons (Fsp3) is 0.333. The summed E-state index contributed by atoms with van der Waals surface area (Å²) in [5, 5.41) is 2.24. The molecule has 0 fully saturated rings. The summed E-state index contributed by atoms with van der Waals surface area (Å²) in [7, 11) is 0.